The Kier molecular flexibility index (Phi) is 5.08. The van der Waals surface area contributed by atoms with E-state index in [9.17, 15) is 14.7 Å². The van der Waals surface area contributed by atoms with Crippen LogP contribution >= 0.6 is 15.9 Å². The van der Waals surface area contributed by atoms with Crippen LogP contribution in [0.15, 0.2) is 22.7 Å². The molecule has 0 spiro atoms. The highest BCUT2D eigenvalue weighted by molar-refractivity contribution is 9.10. The van der Waals surface area contributed by atoms with E-state index in [1.54, 1.807) is 30.2 Å². The first-order valence-electron chi connectivity index (χ1n) is 6.78. The van der Waals surface area contributed by atoms with Crippen LogP contribution in [0.25, 0.3) is 0 Å². The summed E-state index contributed by atoms with van der Waals surface area (Å²) in [7, 11) is 3.02. The second kappa shape index (κ2) is 6.66. The summed E-state index contributed by atoms with van der Waals surface area (Å²) in [5, 5.41) is 9.44. The molecule has 1 N–H and O–H groups in total. The quantitative estimate of drug-likeness (QED) is 0.856. The minimum absolute atomic E-state index is 0.0957. The van der Waals surface area contributed by atoms with Gasteiger partial charge in [-0.2, -0.15) is 0 Å². The van der Waals surface area contributed by atoms with Gasteiger partial charge in [0.1, 0.15) is 11.2 Å². The molecule has 1 saturated heterocycles. The maximum absolute atomic E-state index is 12.5. The molecule has 1 aliphatic rings. The molecule has 0 aliphatic carbocycles. The number of likely N-dealkylation sites (tertiary alicyclic amines) is 1. The van der Waals surface area contributed by atoms with Crippen LogP contribution in [-0.4, -0.2) is 55.8 Å². The number of carboxylic acid groups (broad SMARTS) is 1. The van der Waals surface area contributed by atoms with Crippen LogP contribution in [0.4, 0.5) is 0 Å². The van der Waals surface area contributed by atoms with Crippen molar-refractivity contribution in [2.24, 2.45) is 5.41 Å². The number of carbonyl (C=O) groups is 2. The van der Waals surface area contributed by atoms with Gasteiger partial charge in [-0.05, 0) is 40.5 Å². The van der Waals surface area contributed by atoms with Crippen LogP contribution in [0.5, 0.6) is 5.75 Å². The third kappa shape index (κ3) is 3.10. The number of ether oxygens (including phenoxy) is 2. The number of methoxy groups -OCH3 is 2. The Labute approximate surface area is 137 Å². The summed E-state index contributed by atoms with van der Waals surface area (Å²) in [5.41, 5.74) is -0.528. The molecular formula is C15H18BrNO5. The molecule has 120 valence electrons. The molecule has 2 rings (SSSR count). The van der Waals surface area contributed by atoms with E-state index in [-0.39, 0.29) is 19.1 Å². The Morgan fingerprint density at radius 3 is 2.68 bits per heavy atom. The molecule has 0 aromatic heterocycles. The first-order chi connectivity index (χ1) is 10.4. The number of carbonyl (C=O) groups excluding carboxylic acids is 1. The molecule has 1 heterocycles. The van der Waals surface area contributed by atoms with Crippen molar-refractivity contribution in [3.8, 4) is 5.75 Å². The summed E-state index contributed by atoms with van der Waals surface area (Å²) >= 11 is 3.34. The Morgan fingerprint density at radius 1 is 1.41 bits per heavy atom. The average molecular weight is 372 g/mol. The number of amides is 1. The average Bonchev–Trinajstić information content (AvgIpc) is 2.92. The fourth-order valence-corrected chi connectivity index (χ4v) is 3.20. The van der Waals surface area contributed by atoms with Crippen molar-refractivity contribution < 1.29 is 24.2 Å². The third-order valence-electron chi connectivity index (χ3n) is 3.91. The summed E-state index contributed by atoms with van der Waals surface area (Å²) in [6.07, 6.45) is 0.388. The summed E-state index contributed by atoms with van der Waals surface area (Å²) in [6.45, 7) is 0.648. The van der Waals surface area contributed by atoms with Gasteiger partial charge < -0.3 is 19.5 Å². The smallest absolute Gasteiger partial charge is 0.313 e. The SMILES string of the molecule is COCC1(C(=O)O)CCN(C(=O)c2ccc(OC)c(Br)c2)C1. The minimum Gasteiger partial charge on any atom is -0.496 e. The molecule has 0 radical (unpaired) electrons. The number of nitrogens with zero attached hydrogens (tertiary/aromatic N) is 1. The largest absolute Gasteiger partial charge is 0.496 e. The van der Waals surface area contributed by atoms with Gasteiger partial charge in [0, 0.05) is 25.8 Å². The zero-order valence-corrected chi connectivity index (χ0v) is 14.1. The minimum atomic E-state index is -1.02. The first-order valence-corrected chi connectivity index (χ1v) is 7.58. The van der Waals surface area contributed by atoms with Gasteiger partial charge in [-0.3, -0.25) is 9.59 Å². The number of rotatable bonds is 5. The lowest BCUT2D eigenvalue weighted by Crippen LogP contribution is -2.40. The third-order valence-corrected chi connectivity index (χ3v) is 4.53. The predicted octanol–water partition coefficient (Wildman–Crippen LogP) is 2.02. The van der Waals surface area contributed by atoms with Gasteiger partial charge in [0.2, 0.25) is 0 Å². The molecule has 1 aromatic carbocycles. The van der Waals surface area contributed by atoms with Crippen LogP contribution in [0, 0.1) is 5.41 Å². The fourth-order valence-electron chi connectivity index (χ4n) is 2.66. The monoisotopic (exact) mass is 371 g/mol. The lowest BCUT2D eigenvalue weighted by Gasteiger charge is -2.24. The van der Waals surface area contributed by atoms with Crippen LogP contribution in [0.3, 0.4) is 0 Å². The first kappa shape index (κ1) is 16.8. The van der Waals surface area contributed by atoms with Gasteiger partial charge in [-0.1, -0.05) is 0 Å². The van der Waals surface area contributed by atoms with Gasteiger partial charge in [0.25, 0.3) is 5.91 Å². The highest BCUT2D eigenvalue weighted by Gasteiger charge is 2.46. The van der Waals surface area contributed by atoms with Crippen LogP contribution in [-0.2, 0) is 9.53 Å². The van der Waals surface area contributed by atoms with Gasteiger partial charge in [0.15, 0.2) is 0 Å². The predicted molar refractivity (Wildman–Crippen MR) is 83.2 cm³/mol. The fraction of sp³-hybridized carbons (Fsp3) is 0.467. The number of carboxylic acids is 1. The Balaban J connectivity index is 2.18. The van der Waals surface area contributed by atoms with E-state index < -0.39 is 11.4 Å². The summed E-state index contributed by atoms with van der Waals surface area (Å²) in [4.78, 5) is 25.6. The standard InChI is InChI=1S/C15H18BrNO5/c1-21-9-15(14(19)20)5-6-17(8-15)13(18)10-3-4-12(22-2)11(16)7-10/h3-4,7H,5-6,8-9H2,1-2H3,(H,19,20). The number of halogens is 1. The normalized spacial score (nSPS) is 21.0. The van der Waals surface area contributed by atoms with Crippen molar-refractivity contribution in [1.29, 1.82) is 0 Å². The van der Waals surface area contributed by atoms with Gasteiger partial charge in [0.05, 0.1) is 18.2 Å². The Bertz CT molecular complexity index is 591. The molecule has 1 fully saturated rings. The van der Waals surface area contributed by atoms with E-state index in [1.807, 2.05) is 0 Å². The number of hydrogen-bond donors (Lipinski definition) is 1. The molecule has 22 heavy (non-hydrogen) atoms. The zero-order valence-electron chi connectivity index (χ0n) is 12.5. The molecule has 1 aliphatic heterocycles. The van der Waals surface area contributed by atoms with Crippen LogP contribution in [0.1, 0.15) is 16.8 Å². The van der Waals surface area contributed by atoms with E-state index in [0.29, 0.717) is 28.8 Å². The van der Waals surface area contributed by atoms with Crippen molar-refractivity contribution in [2.75, 3.05) is 33.9 Å². The van der Waals surface area contributed by atoms with E-state index >= 15 is 0 Å². The van der Waals surface area contributed by atoms with Crippen molar-refractivity contribution in [1.82, 2.24) is 4.90 Å². The van der Waals surface area contributed by atoms with E-state index in [4.69, 9.17) is 9.47 Å². The lowest BCUT2D eigenvalue weighted by molar-refractivity contribution is -0.151. The Hall–Kier alpha value is -1.60. The molecule has 0 bridgehead atoms. The van der Waals surface area contributed by atoms with Gasteiger partial charge in [-0.15, -0.1) is 0 Å². The molecule has 0 saturated carbocycles. The van der Waals surface area contributed by atoms with Crippen molar-refractivity contribution in [2.45, 2.75) is 6.42 Å². The molecule has 6 nitrogen and oxygen atoms in total. The highest BCUT2D eigenvalue weighted by Crippen LogP contribution is 2.33. The van der Waals surface area contributed by atoms with Gasteiger partial charge in [-0.25, -0.2) is 0 Å². The molecule has 1 amide bonds. The maximum Gasteiger partial charge on any atom is 0.313 e. The van der Waals surface area contributed by atoms with Crippen LogP contribution < -0.4 is 4.74 Å². The van der Waals surface area contributed by atoms with E-state index in [2.05, 4.69) is 15.9 Å². The summed E-state index contributed by atoms with van der Waals surface area (Å²) in [5.74, 6) is -0.486. The number of hydrogen-bond acceptors (Lipinski definition) is 4. The second-order valence-corrected chi connectivity index (χ2v) is 6.20. The second-order valence-electron chi connectivity index (χ2n) is 5.34. The van der Waals surface area contributed by atoms with Gasteiger partial charge >= 0.3 is 5.97 Å². The lowest BCUT2D eigenvalue weighted by atomic mass is 9.88. The molecule has 1 aromatic rings. The molecule has 1 unspecified atom stereocenters. The van der Waals surface area contributed by atoms with Crippen LogP contribution in [0.2, 0.25) is 0 Å². The van der Waals surface area contributed by atoms with E-state index in [0.717, 1.165) is 0 Å². The van der Waals surface area contributed by atoms with Crippen molar-refractivity contribution >= 4 is 27.8 Å². The van der Waals surface area contributed by atoms with E-state index in [1.165, 1.54) is 7.11 Å². The molecule has 7 heteroatoms. The summed E-state index contributed by atoms with van der Waals surface area (Å²) < 4.78 is 10.8. The van der Waals surface area contributed by atoms with Crippen molar-refractivity contribution in [3.63, 3.8) is 0 Å². The molecule has 1 atom stereocenters. The highest BCUT2D eigenvalue weighted by atomic mass is 79.9. The topological polar surface area (TPSA) is 76.1 Å². The Morgan fingerprint density at radius 2 is 2.14 bits per heavy atom. The number of aliphatic carboxylic acids is 1. The maximum atomic E-state index is 12.5. The number of benzene rings is 1. The summed E-state index contributed by atoms with van der Waals surface area (Å²) in [6, 6.07) is 5.05. The van der Waals surface area contributed by atoms with Crippen molar-refractivity contribution in [3.05, 3.63) is 28.2 Å². The molecular weight excluding hydrogens is 354 g/mol. The zero-order chi connectivity index (χ0) is 16.3.